The Morgan fingerprint density at radius 2 is 2.30 bits per heavy atom. The molecule has 0 aromatic rings. The van der Waals surface area contributed by atoms with Crippen LogP contribution in [0.2, 0.25) is 0 Å². The Bertz CT molecular complexity index is 140. The largest absolute Gasteiger partial charge is 0.327 e. The second-order valence-electron chi connectivity index (χ2n) is 3.70. The van der Waals surface area contributed by atoms with Gasteiger partial charge in [0, 0.05) is 6.04 Å². The molecule has 1 aliphatic carbocycles. The van der Waals surface area contributed by atoms with Crippen LogP contribution in [0.15, 0.2) is 12.2 Å². The van der Waals surface area contributed by atoms with Crippen LogP contribution in [0.25, 0.3) is 0 Å². The van der Waals surface area contributed by atoms with Crippen LogP contribution in [0.4, 0.5) is 0 Å². The Labute approximate surface area is 63.3 Å². The molecule has 1 aliphatic rings. The first-order chi connectivity index (χ1) is 4.61. The van der Waals surface area contributed by atoms with Crippen molar-refractivity contribution >= 4 is 0 Å². The van der Waals surface area contributed by atoms with Crippen LogP contribution in [-0.2, 0) is 0 Å². The summed E-state index contributed by atoms with van der Waals surface area (Å²) in [5.41, 5.74) is 7.12. The second-order valence-corrected chi connectivity index (χ2v) is 3.70. The molecule has 3 unspecified atom stereocenters. The van der Waals surface area contributed by atoms with E-state index >= 15 is 0 Å². The van der Waals surface area contributed by atoms with E-state index in [0.29, 0.717) is 6.04 Å². The first-order valence-electron chi connectivity index (χ1n) is 4.01. The van der Waals surface area contributed by atoms with Gasteiger partial charge in [0.2, 0.25) is 0 Å². The lowest BCUT2D eigenvalue weighted by Gasteiger charge is -2.09. The number of hydrogen-bond donors (Lipinski definition) is 1. The Kier molecular flexibility index (Phi) is 2.14. The summed E-state index contributed by atoms with van der Waals surface area (Å²) in [7, 11) is 0. The minimum Gasteiger partial charge on any atom is -0.327 e. The third kappa shape index (κ3) is 1.84. The van der Waals surface area contributed by atoms with Gasteiger partial charge in [0.1, 0.15) is 0 Å². The molecule has 3 atom stereocenters. The van der Waals surface area contributed by atoms with E-state index in [0.717, 1.165) is 18.3 Å². The van der Waals surface area contributed by atoms with E-state index in [1.807, 2.05) is 6.92 Å². The highest BCUT2D eigenvalue weighted by Gasteiger charge is 2.37. The molecule has 1 fully saturated rings. The molecule has 2 N–H and O–H groups in total. The van der Waals surface area contributed by atoms with E-state index in [9.17, 15) is 0 Å². The second kappa shape index (κ2) is 2.75. The molecule has 0 aromatic carbocycles. The monoisotopic (exact) mass is 139 g/mol. The molecule has 0 bridgehead atoms. The zero-order valence-electron chi connectivity index (χ0n) is 6.93. The summed E-state index contributed by atoms with van der Waals surface area (Å²) in [6, 6.07) is 0.382. The zero-order chi connectivity index (χ0) is 7.72. The Morgan fingerprint density at radius 1 is 1.80 bits per heavy atom. The van der Waals surface area contributed by atoms with Crippen molar-refractivity contribution in [3.05, 3.63) is 12.2 Å². The summed E-state index contributed by atoms with van der Waals surface area (Å²) in [5.74, 6) is 1.66. The molecule has 1 heteroatoms. The predicted octanol–water partition coefficient (Wildman–Crippen LogP) is 1.94. The van der Waals surface area contributed by atoms with E-state index < -0.39 is 0 Å². The highest BCUT2D eigenvalue weighted by molar-refractivity contribution is 4.99. The standard InChI is InChI=1S/C9H17N/c1-6(2)4-9(10)8-5-7(8)3/h7-9H,1,4-5,10H2,2-3H3. The topological polar surface area (TPSA) is 26.0 Å². The zero-order valence-corrected chi connectivity index (χ0v) is 6.93. The smallest absolute Gasteiger partial charge is 0.0107 e. The molecule has 0 heterocycles. The fourth-order valence-corrected chi connectivity index (χ4v) is 1.50. The molecule has 0 aromatic heterocycles. The van der Waals surface area contributed by atoms with Crippen molar-refractivity contribution < 1.29 is 0 Å². The van der Waals surface area contributed by atoms with Crippen molar-refractivity contribution in [3.63, 3.8) is 0 Å². The number of hydrogen-bond acceptors (Lipinski definition) is 1. The van der Waals surface area contributed by atoms with Crippen molar-refractivity contribution in [2.45, 2.75) is 32.7 Å². The van der Waals surface area contributed by atoms with Gasteiger partial charge in [-0.2, -0.15) is 0 Å². The molecule has 0 amide bonds. The third-order valence-electron chi connectivity index (χ3n) is 2.31. The average molecular weight is 139 g/mol. The highest BCUT2D eigenvalue weighted by atomic mass is 14.7. The van der Waals surface area contributed by atoms with Gasteiger partial charge in [0.15, 0.2) is 0 Å². The molecule has 10 heavy (non-hydrogen) atoms. The molecular formula is C9H17N. The van der Waals surface area contributed by atoms with Gasteiger partial charge in [0.05, 0.1) is 0 Å². The average Bonchev–Trinajstić information content (AvgIpc) is 2.44. The van der Waals surface area contributed by atoms with Gasteiger partial charge >= 0.3 is 0 Å². The van der Waals surface area contributed by atoms with Crippen molar-refractivity contribution in [2.75, 3.05) is 0 Å². The number of nitrogens with two attached hydrogens (primary N) is 1. The quantitative estimate of drug-likeness (QED) is 0.594. The van der Waals surface area contributed by atoms with Gasteiger partial charge in [-0.25, -0.2) is 0 Å². The summed E-state index contributed by atoms with van der Waals surface area (Å²) < 4.78 is 0. The molecule has 1 saturated carbocycles. The van der Waals surface area contributed by atoms with Crippen LogP contribution >= 0.6 is 0 Å². The van der Waals surface area contributed by atoms with Crippen LogP contribution in [0.3, 0.4) is 0 Å². The lowest BCUT2D eigenvalue weighted by Crippen LogP contribution is -2.23. The van der Waals surface area contributed by atoms with Gasteiger partial charge < -0.3 is 5.73 Å². The van der Waals surface area contributed by atoms with E-state index in [4.69, 9.17) is 5.73 Å². The first-order valence-corrected chi connectivity index (χ1v) is 4.01. The van der Waals surface area contributed by atoms with Crippen molar-refractivity contribution in [2.24, 2.45) is 17.6 Å². The Balaban J connectivity index is 2.22. The molecule has 1 nitrogen and oxygen atoms in total. The molecular weight excluding hydrogens is 122 g/mol. The Morgan fingerprint density at radius 3 is 2.60 bits per heavy atom. The van der Waals surface area contributed by atoms with Gasteiger partial charge in [-0.05, 0) is 31.6 Å². The van der Waals surface area contributed by atoms with Crippen LogP contribution in [-0.4, -0.2) is 6.04 Å². The summed E-state index contributed by atoms with van der Waals surface area (Å²) >= 11 is 0. The predicted molar refractivity (Wildman–Crippen MR) is 44.7 cm³/mol. The van der Waals surface area contributed by atoms with Crippen LogP contribution < -0.4 is 5.73 Å². The van der Waals surface area contributed by atoms with Crippen LogP contribution in [0, 0.1) is 11.8 Å². The lowest BCUT2D eigenvalue weighted by molar-refractivity contribution is 0.558. The maximum Gasteiger partial charge on any atom is 0.0107 e. The van der Waals surface area contributed by atoms with Gasteiger partial charge in [0.25, 0.3) is 0 Å². The van der Waals surface area contributed by atoms with Gasteiger partial charge in [-0.1, -0.05) is 12.5 Å². The van der Waals surface area contributed by atoms with E-state index in [1.54, 1.807) is 0 Å². The first kappa shape index (κ1) is 7.80. The molecule has 58 valence electrons. The van der Waals surface area contributed by atoms with Gasteiger partial charge in [-0.3, -0.25) is 0 Å². The fourth-order valence-electron chi connectivity index (χ4n) is 1.50. The molecule has 1 rings (SSSR count). The fraction of sp³-hybridized carbons (Fsp3) is 0.778. The normalized spacial score (nSPS) is 33.5. The molecule has 0 radical (unpaired) electrons. The van der Waals surface area contributed by atoms with Gasteiger partial charge in [-0.15, -0.1) is 6.58 Å². The third-order valence-corrected chi connectivity index (χ3v) is 2.31. The summed E-state index contributed by atoms with van der Waals surface area (Å²) in [6.45, 7) is 8.17. The van der Waals surface area contributed by atoms with E-state index in [1.165, 1.54) is 12.0 Å². The summed E-state index contributed by atoms with van der Waals surface area (Å²) in [4.78, 5) is 0. The Hall–Kier alpha value is -0.300. The minimum absolute atomic E-state index is 0.382. The number of rotatable bonds is 3. The van der Waals surface area contributed by atoms with Crippen molar-refractivity contribution in [1.82, 2.24) is 0 Å². The molecule has 0 aliphatic heterocycles. The minimum atomic E-state index is 0.382. The summed E-state index contributed by atoms with van der Waals surface area (Å²) in [6.07, 6.45) is 2.34. The van der Waals surface area contributed by atoms with Crippen molar-refractivity contribution in [1.29, 1.82) is 0 Å². The maximum absolute atomic E-state index is 5.91. The van der Waals surface area contributed by atoms with Crippen LogP contribution in [0.1, 0.15) is 26.7 Å². The molecule has 0 saturated heterocycles. The van der Waals surface area contributed by atoms with Crippen LogP contribution in [0.5, 0.6) is 0 Å². The lowest BCUT2D eigenvalue weighted by atomic mass is 10.0. The maximum atomic E-state index is 5.91. The summed E-state index contributed by atoms with van der Waals surface area (Å²) in [5, 5.41) is 0. The van der Waals surface area contributed by atoms with Crippen molar-refractivity contribution in [3.8, 4) is 0 Å². The van der Waals surface area contributed by atoms with E-state index in [2.05, 4.69) is 13.5 Å². The SMILES string of the molecule is C=C(C)CC(N)C1CC1C. The molecule has 0 spiro atoms. The highest BCUT2D eigenvalue weighted by Crippen LogP contribution is 2.41. The van der Waals surface area contributed by atoms with E-state index in [-0.39, 0.29) is 0 Å².